The fourth-order valence-electron chi connectivity index (χ4n) is 5.69. The first kappa shape index (κ1) is 46.5. The highest BCUT2D eigenvalue weighted by molar-refractivity contribution is 7.80. The number of hydrogen-bond acceptors (Lipinski definition) is 14. The Hall–Kier alpha value is -5.92. The van der Waals surface area contributed by atoms with Gasteiger partial charge in [-0.3, -0.25) is 43.5 Å². The lowest BCUT2D eigenvalue weighted by Crippen LogP contribution is -2.46. The van der Waals surface area contributed by atoms with Gasteiger partial charge in [0, 0.05) is 61.9 Å². The fraction of sp³-hybridized carbons (Fsp3) is 0.500. The van der Waals surface area contributed by atoms with E-state index in [0.29, 0.717) is 42.0 Å². The average molecular weight is 823 g/mol. The quantitative estimate of drug-likeness (QED) is 0.0249. The van der Waals surface area contributed by atoms with Gasteiger partial charge in [0.25, 0.3) is 11.5 Å². The van der Waals surface area contributed by atoms with Gasteiger partial charge in [-0.15, -0.1) is 0 Å². The van der Waals surface area contributed by atoms with E-state index in [9.17, 15) is 33.6 Å². The predicted molar refractivity (Wildman–Crippen MR) is 223 cm³/mol. The van der Waals surface area contributed by atoms with Crippen molar-refractivity contribution in [3.63, 3.8) is 0 Å². The number of carbonyl (C=O) groups is 6. The first-order valence-electron chi connectivity index (χ1n) is 19.1. The summed E-state index contributed by atoms with van der Waals surface area (Å²) in [7, 11) is 0. The summed E-state index contributed by atoms with van der Waals surface area (Å²) in [6.45, 7) is 5.45. The number of rotatable bonds is 25. The van der Waals surface area contributed by atoms with Crippen LogP contribution < -0.4 is 44.0 Å². The Balaban J connectivity index is 1.43. The first-order chi connectivity index (χ1) is 27.6. The molecule has 0 unspecified atom stereocenters. The Morgan fingerprint density at radius 3 is 2.26 bits per heavy atom. The summed E-state index contributed by atoms with van der Waals surface area (Å²) in [5, 5.41) is 11.3. The maximum Gasteiger partial charge on any atom is 0.280 e. The predicted octanol–water partition coefficient (Wildman–Crippen LogP) is 0.930. The SMILES string of the molecule is C[C@H](CC(=O)CCCNC(=O)c1ccc(NCc2cnc3nc(N)[nH]c(=O)c3n2)cc1)C(=O)N[C@H](CCCN=C(N)N)C(=O)C[C@H](C)C(=O)N[C@@H](C)C(=O)CCCS. The normalized spacial score (nSPS) is 13.0. The molecule has 0 aliphatic rings. The lowest BCUT2D eigenvalue weighted by Gasteiger charge is -2.22. The van der Waals surface area contributed by atoms with Crippen molar-refractivity contribution < 1.29 is 28.8 Å². The van der Waals surface area contributed by atoms with E-state index in [1.807, 2.05) is 0 Å². The lowest BCUT2D eigenvalue weighted by molar-refractivity contribution is -0.134. The van der Waals surface area contributed by atoms with E-state index in [2.05, 4.69) is 58.8 Å². The van der Waals surface area contributed by atoms with Gasteiger partial charge in [-0.2, -0.15) is 17.6 Å². The van der Waals surface area contributed by atoms with Crippen LogP contribution in [0.4, 0.5) is 11.6 Å². The van der Waals surface area contributed by atoms with Crippen LogP contribution in [-0.4, -0.2) is 91.9 Å². The number of aromatic nitrogens is 4. The zero-order valence-electron chi connectivity index (χ0n) is 33.0. The summed E-state index contributed by atoms with van der Waals surface area (Å²) in [6, 6.07) is 5.04. The third-order valence-electron chi connectivity index (χ3n) is 9.03. The minimum absolute atomic E-state index is 0.0484. The molecule has 1 aromatic carbocycles. The monoisotopic (exact) mass is 822 g/mol. The molecule has 0 bridgehead atoms. The molecule has 2 aromatic heterocycles. The van der Waals surface area contributed by atoms with Crippen LogP contribution in [0.1, 0.15) is 88.2 Å². The van der Waals surface area contributed by atoms with Crippen LogP contribution in [0.2, 0.25) is 0 Å². The molecule has 0 aliphatic carbocycles. The van der Waals surface area contributed by atoms with Crippen molar-refractivity contribution in [1.82, 2.24) is 35.9 Å². The van der Waals surface area contributed by atoms with Crippen molar-refractivity contribution in [3.05, 3.63) is 52.1 Å². The van der Waals surface area contributed by atoms with Crippen LogP contribution in [0, 0.1) is 11.8 Å². The van der Waals surface area contributed by atoms with E-state index in [0.717, 1.165) is 0 Å². The highest BCUT2D eigenvalue weighted by Crippen LogP contribution is 2.14. The number of nitrogen functional groups attached to an aromatic ring is 1. The van der Waals surface area contributed by atoms with Crippen LogP contribution in [0.25, 0.3) is 11.2 Å². The molecule has 0 saturated carbocycles. The number of aromatic amines is 1. The Kier molecular flexibility index (Phi) is 18.7. The van der Waals surface area contributed by atoms with E-state index < -0.39 is 41.3 Å². The van der Waals surface area contributed by atoms with E-state index >= 15 is 0 Å². The van der Waals surface area contributed by atoms with Crippen molar-refractivity contribution in [3.8, 4) is 0 Å². The molecule has 19 nitrogen and oxygen atoms in total. The van der Waals surface area contributed by atoms with Gasteiger partial charge in [-0.25, -0.2) is 9.97 Å². The summed E-state index contributed by atoms with van der Waals surface area (Å²) < 4.78 is 0. The number of amides is 3. The first-order valence-corrected chi connectivity index (χ1v) is 19.7. The highest BCUT2D eigenvalue weighted by Gasteiger charge is 2.28. The molecule has 0 radical (unpaired) electrons. The second-order valence-electron chi connectivity index (χ2n) is 14.0. The molecule has 58 heavy (non-hydrogen) atoms. The largest absolute Gasteiger partial charge is 0.379 e. The van der Waals surface area contributed by atoms with Crippen molar-refractivity contribution in [2.75, 3.05) is 29.9 Å². The maximum atomic E-state index is 13.3. The number of thiol groups is 1. The van der Waals surface area contributed by atoms with Gasteiger partial charge in [0.2, 0.25) is 17.8 Å². The van der Waals surface area contributed by atoms with Crippen molar-refractivity contribution in [2.45, 2.75) is 90.8 Å². The van der Waals surface area contributed by atoms with Crippen molar-refractivity contribution in [2.24, 2.45) is 28.3 Å². The molecule has 0 fully saturated rings. The smallest absolute Gasteiger partial charge is 0.280 e. The molecule has 20 heteroatoms. The van der Waals surface area contributed by atoms with E-state index in [1.54, 1.807) is 45.0 Å². The minimum Gasteiger partial charge on any atom is -0.379 e. The zero-order valence-corrected chi connectivity index (χ0v) is 33.9. The minimum atomic E-state index is -0.951. The van der Waals surface area contributed by atoms with Crippen LogP contribution in [0.15, 0.2) is 40.2 Å². The molecule has 0 spiro atoms. The standard InChI is InChI=1S/C38H54N12O7S/c1-21(34(55)48-28(8-5-15-43-37(39)40)30(53)18-22(2)33(54)46-23(3)29(52)9-6-16-58)17-27(51)7-4-14-42-35(56)24-10-12-25(13-11-24)44-19-26-20-45-32-31(47-26)36(57)50-38(41)49-32/h10-13,20-23,28,44,58H,4-9,14-19H2,1-3H3,(H,42,56)(H,46,54)(H,48,55)(H4,39,40,43)(H3,41,45,49,50,57)/t21-,22+,23+,28-/m1/s1. The number of H-pyrrole nitrogens is 1. The molecular formula is C38H54N12O7S. The topological polar surface area (TPSA) is 312 Å². The summed E-state index contributed by atoms with van der Waals surface area (Å²) >= 11 is 4.10. The second kappa shape index (κ2) is 23.3. The summed E-state index contributed by atoms with van der Waals surface area (Å²) in [5.74, 6) is -3.10. The van der Waals surface area contributed by atoms with Gasteiger partial charge in [0.15, 0.2) is 28.7 Å². The third-order valence-corrected chi connectivity index (χ3v) is 9.35. The van der Waals surface area contributed by atoms with Crippen LogP contribution >= 0.6 is 12.6 Å². The number of fused-ring (bicyclic) bond motifs is 1. The average Bonchev–Trinajstić information content (AvgIpc) is 3.18. The van der Waals surface area contributed by atoms with E-state index in [4.69, 9.17) is 17.2 Å². The Bertz CT molecular complexity index is 2000. The zero-order chi connectivity index (χ0) is 42.8. The lowest BCUT2D eigenvalue weighted by atomic mass is 9.95. The molecule has 2 heterocycles. The number of benzene rings is 1. The number of nitrogens with zero attached hydrogens (tertiary/aromatic N) is 4. The van der Waals surface area contributed by atoms with Crippen molar-refractivity contribution >= 4 is 76.5 Å². The molecule has 11 N–H and O–H groups in total. The molecule has 3 amide bonds. The number of hydrogen-bond donors (Lipinski definition) is 9. The van der Waals surface area contributed by atoms with E-state index in [1.165, 1.54) is 6.20 Å². The summed E-state index contributed by atoms with van der Waals surface area (Å²) in [4.78, 5) is 108. The van der Waals surface area contributed by atoms with Gasteiger partial charge in [-0.05, 0) is 62.6 Å². The van der Waals surface area contributed by atoms with Crippen LogP contribution in [-0.2, 0) is 30.5 Å². The summed E-state index contributed by atoms with van der Waals surface area (Å²) in [5.41, 5.74) is 17.7. The molecule has 3 rings (SSSR count). The number of ketones is 3. The molecule has 0 aliphatic heterocycles. The number of anilines is 2. The number of Topliss-reactive ketones (excluding diaryl/α,β-unsaturated/α-hetero) is 3. The molecular weight excluding hydrogens is 769 g/mol. The van der Waals surface area contributed by atoms with E-state index in [-0.39, 0.29) is 98.1 Å². The molecule has 4 atom stereocenters. The van der Waals surface area contributed by atoms with Gasteiger partial charge < -0.3 is 38.5 Å². The van der Waals surface area contributed by atoms with Gasteiger partial charge >= 0.3 is 0 Å². The highest BCUT2D eigenvalue weighted by atomic mass is 32.1. The molecule has 3 aromatic rings. The number of guanidine groups is 1. The van der Waals surface area contributed by atoms with Crippen LogP contribution in [0.3, 0.4) is 0 Å². The van der Waals surface area contributed by atoms with Crippen molar-refractivity contribution in [1.29, 1.82) is 0 Å². The second-order valence-corrected chi connectivity index (χ2v) is 14.5. The fourth-order valence-corrected chi connectivity index (χ4v) is 5.85. The Morgan fingerprint density at radius 2 is 1.57 bits per heavy atom. The molecule has 0 saturated heterocycles. The maximum absolute atomic E-state index is 13.3. The molecule has 314 valence electrons. The van der Waals surface area contributed by atoms with Crippen LogP contribution in [0.5, 0.6) is 0 Å². The van der Waals surface area contributed by atoms with Gasteiger partial charge in [0.1, 0.15) is 5.78 Å². The Labute approximate surface area is 341 Å². The van der Waals surface area contributed by atoms with Gasteiger partial charge in [-0.1, -0.05) is 13.8 Å². The third kappa shape index (κ3) is 15.5. The number of carbonyl (C=O) groups excluding carboxylic acids is 6. The summed E-state index contributed by atoms with van der Waals surface area (Å²) in [6.07, 6.45) is 3.13. The Morgan fingerprint density at radius 1 is 0.879 bits per heavy atom. The number of nitrogens with one attached hydrogen (secondary N) is 5. The number of nitrogens with two attached hydrogens (primary N) is 3. The number of aliphatic imine (C=N–C) groups is 1. The van der Waals surface area contributed by atoms with Gasteiger partial charge in [0.05, 0.1) is 30.5 Å².